The van der Waals surface area contributed by atoms with E-state index in [9.17, 15) is 9.59 Å². The Balaban J connectivity index is 1.62. The molecule has 2 aromatic rings. The fraction of sp³-hybridized carbons (Fsp3) is 0.300. The number of amides is 2. The molecule has 2 aromatic carbocycles. The third-order valence-corrected chi connectivity index (χ3v) is 5.13. The third-order valence-electron chi connectivity index (χ3n) is 5.13. The molecule has 0 spiro atoms. The molecule has 128 valence electrons. The average molecular weight is 336 g/mol. The summed E-state index contributed by atoms with van der Waals surface area (Å²) in [5.41, 5.74) is 1.19. The molecule has 0 saturated carbocycles. The summed E-state index contributed by atoms with van der Waals surface area (Å²) in [7, 11) is 0. The molecule has 4 rings (SSSR count). The molecular formula is C20H20N2O3. The van der Waals surface area contributed by atoms with Crippen molar-refractivity contribution in [2.45, 2.75) is 24.3 Å². The molecule has 2 heterocycles. The molecule has 0 radical (unpaired) electrons. The van der Waals surface area contributed by atoms with E-state index < -0.39 is 5.41 Å². The number of piperidine rings is 1. The third kappa shape index (κ3) is 2.76. The number of para-hydroxylation sites is 1. The molecule has 2 N–H and O–H groups in total. The van der Waals surface area contributed by atoms with Crippen molar-refractivity contribution in [3.8, 4) is 5.75 Å². The average Bonchev–Trinajstić information content (AvgIpc) is 3.06. The van der Waals surface area contributed by atoms with E-state index in [-0.39, 0.29) is 17.9 Å². The normalized spacial score (nSPS) is 24.8. The van der Waals surface area contributed by atoms with Gasteiger partial charge < -0.3 is 15.4 Å². The number of hydrogen-bond donors (Lipinski definition) is 2. The number of carbonyl (C=O) groups excluding carboxylic acids is 2. The molecule has 0 aromatic heterocycles. The highest BCUT2D eigenvalue weighted by Gasteiger charge is 2.44. The van der Waals surface area contributed by atoms with Gasteiger partial charge in [0.15, 0.2) is 0 Å². The second kappa shape index (κ2) is 6.24. The second-order valence-corrected chi connectivity index (χ2v) is 6.60. The van der Waals surface area contributed by atoms with Crippen molar-refractivity contribution >= 4 is 11.8 Å². The maximum absolute atomic E-state index is 13.3. The molecule has 25 heavy (non-hydrogen) atoms. The highest BCUT2D eigenvalue weighted by Crippen LogP contribution is 2.35. The smallest absolute Gasteiger partial charge is 0.233 e. The van der Waals surface area contributed by atoms with Crippen molar-refractivity contribution in [3.05, 3.63) is 65.7 Å². The summed E-state index contributed by atoms with van der Waals surface area (Å²) < 4.78 is 5.67. The number of benzene rings is 2. The molecule has 0 unspecified atom stereocenters. The van der Waals surface area contributed by atoms with Crippen LogP contribution >= 0.6 is 0 Å². The van der Waals surface area contributed by atoms with Gasteiger partial charge in [-0.05, 0) is 18.1 Å². The van der Waals surface area contributed by atoms with Gasteiger partial charge in [0.1, 0.15) is 12.4 Å². The largest absolute Gasteiger partial charge is 0.491 e. The second-order valence-electron chi connectivity index (χ2n) is 6.60. The quantitative estimate of drug-likeness (QED) is 0.902. The van der Waals surface area contributed by atoms with Crippen molar-refractivity contribution in [2.24, 2.45) is 0 Å². The molecule has 5 nitrogen and oxygen atoms in total. The molecule has 1 fully saturated rings. The summed E-state index contributed by atoms with van der Waals surface area (Å²) in [6, 6.07) is 17.3. The molecule has 2 amide bonds. The molecule has 0 aliphatic carbocycles. The Kier molecular flexibility index (Phi) is 3.92. The molecule has 5 heteroatoms. The predicted molar refractivity (Wildman–Crippen MR) is 93.2 cm³/mol. The van der Waals surface area contributed by atoms with Crippen LogP contribution in [0.3, 0.4) is 0 Å². The minimum absolute atomic E-state index is 0.00565. The van der Waals surface area contributed by atoms with E-state index in [1.807, 2.05) is 54.6 Å². The van der Waals surface area contributed by atoms with Gasteiger partial charge in [-0.25, -0.2) is 0 Å². The highest BCUT2D eigenvalue weighted by molar-refractivity contribution is 5.92. The lowest BCUT2D eigenvalue weighted by Crippen LogP contribution is -2.55. The fourth-order valence-corrected chi connectivity index (χ4v) is 3.66. The van der Waals surface area contributed by atoms with Crippen molar-refractivity contribution in [1.82, 2.24) is 10.6 Å². The van der Waals surface area contributed by atoms with Crippen LogP contribution < -0.4 is 15.4 Å². The summed E-state index contributed by atoms with van der Waals surface area (Å²) in [4.78, 5) is 24.9. The first-order valence-electron chi connectivity index (χ1n) is 8.54. The van der Waals surface area contributed by atoms with E-state index >= 15 is 0 Å². The van der Waals surface area contributed by atoms with Crippen LogP contribution in [0.25, 0.3) is 0 Å². The van der Waals surface area contributed by atoms with Gasteiger partial charge in [0, 0.05) is 18.5 Å². The summed E-state index contributed by atoms with van der Waals surface area (Å²) >= 11 is 0. The van der Waals surface area contributed by atoms with Crippen molar-refractivity contribution in [1.29, 1.82) is 0 Å². The Bertz CT molecular complexity index is 794. The van der Waals surface area contributed by atoms with Crippen LogP contribution in [0.2, 0.25) is 0 Å². The van der Waals surface area contributed by atoms with Crippen molar-refractivity contribution in [2.75, 3.05) is 13.2 Å². The van der Waals surface area contributed by atoms with Crippen LogP contribution in [0.4, 0.5) is 0 Å². The minimum atomic E-state index is -0.743. The first kappa shape index (κ1) is 15.7. The van der Waals surface area contributed by atoms with E-state index in [1.165, 1.54) is 0 Å². The summed E-state index contributed by atoms with van der Waals surface area (Å²) in [5.74, 6) is 0.747. The molecule has 0 bridgehead atoms. The number of rotatable bonds is 3. The zero-order chi connectivity index (χ0) is 17.3. The number of carbonyl (C=O) groups is 2. The van der Waals surface area contributed by atoms with Gasteiger partial charge >= 0.3 is 0 Å². The number of ether oxygens (including phenoxy) is 1. The van der Waals surface area contributed by atoms with E-state index in [4.69, 9.17) is 4.74 Å². The lowest BCUT2D eigenvalue weighted by molar-refractivity contribution is -0.131. The number of hydrogen-bond acceptors (Lipinski definition) is 3. The Morgan fingerprint density at radius 3 is 2.64 bits per heavy atom. The Labute approximate surface area is 146 Å². The Morgan fingerprint density at radius 2 is 1.88 bits per heavy atom. The van der Waals surface area contributed by atoms with Crippen molar-refractivity contribution in [3.63, 3.8) is 0 Å². The zero-order valence-electron chi connectivity index (χ0n) is 13.8. The number of nitrogens with one attached hydrogen (secondary N) is 2. The monoisotopic (exact) mass is 336 g/mol. The van der Waals surface area contributed by atoms with E-state index in [2.05, 4.69) is 10.6 Å². The first-order valence-corrected chi connectivity index (χ1v) is 8.54. The summed E-state index contributed by atoms with van der Waals surface area (Å²) in [6.45, 7) is 0.749. The summed E-state index contributed by atoms with van der Waals surface area (Å²) in [6.07, 6.45) is 0.851. The van der Waals surface area contributed by atoms with E-state index in [0.717, 1.165) is 16.9 Å². The molecule has 1 saturated heterocycles. The Morgan fingerprint density at radius 1 is 1.12 bits per heavy atom. The van der Waals surface area contributed by atoms with Gasteiger partial charge in [-0.15, -0.1) is 0 Å². The van der Waals surface area contributed by atoms with Crippen LogP contribution in [0.15, 0.2) is 54.6 Å². The van der Waals surface area contributed by atoms with E-state index in [0.29, 0.717) is 26.0 Å². The number of fused-ring (bicyclic) bond motifs is 1. The fourth-order valence-electron chi connectivity index (χ4n) is 3.66. The van der Waals surface area contributed by atoms with Crippen LogP contribution in [0.1, 0.15) is 30.0 Å². The van der Waals surface area contributed by atoms with Gasteiger partial charge in [-0.2, -0.15) is 0 Å². The topological polar surface area (TPSA) is 67.4 Å². The molecular weight excluding hydrogens is 316 g/mol. The standard InChI is InChI=1S/C20H20N2O3/c23-18-10-11-20(13-21-18,14-6-2-1-3-7-14)19(24)22-16-12-25-17-9-5-4-8-15(16)17/h1-9,16H,10-13H2,(H,21,23)(H,22,24)/t16-,20-/m0/s1. The lowest BCUT2D eigenvalue weighted by Gasteiger charge is -2.37. The molecule has 2 aliphatic rings. The maximum Gasteiger partial charge on any atom is 0.233 e. The van der Waals surface area contributed by atoms with Crippen LogP contribution in [-0.4, -0.2) is 25.0 Å². The van der Waals surface area contributed by atoms with Gasteiger partial charge in [-0.3, -0.25) is 9.59 Å². The predicted octanol–water partition coefficient (Wildman–Crippen LogP) is 2.08. The van der Waals surface area contributed by atoms with Gasteiger partial charge in [-0.1, -0.05) is 48.5 Å². The molecule has 2 atom stereocenters. The van der Waals surface area contributed by atoms with Crippen molar-refractivity contribution < 1.29 is 14.3 Å². The highest BCUT2D eigenvalue weighted by atomic mass is 16.5. The first-order chi connectivity index (χ1) is 12.2. The lowest BCUT2D eigenvalue weighted by atomic mass is 9.73. The van der Waals surface area contributed by atoms with Crippen LogP contribution in [-0.2, 0) is 15.0 Å². The SMILES string of the molecule is O=C1CC[C@@](C(=O)N[C@H]2COc3ccccc32)(c2ccccc2)CN1. The van der Waals surface area contributed by atoms with Crippen LogP contribution in [0, 0.1) is 0 Å². The van der Waals surface area contributed by atoms with Gasteiger partial charge in [0.05, 0.1) is 11.5 Å². The Hall–Kier alpha value is -2.82. The van der Waals surface area contributed by atoms with E-state index in [1.54, 1.807) is 0 Å². The van der Waals surface area contributed by atoms with Crippen LogP contribution in [0.5, 0.6) is 5.75 Å². The maximum atomic E-state index is 13.3. The zero-order valence-corrected chi connectivity index (χ0v) is 13.8. The minimum Gasteiger partial charge on any atom is -0.491 e. The van der Waals surface area contributed by atoms with Gasteiger partial charge in [0.2, 0.25) is 11.8 Å². The molecule has 2 aliphatic heterocycles. The summed E-state index contributed by atoms with van der Waals surface area (Å²) in [5, 5.41) is 6.01. The van der Waals surface area contributed by atoms with Gasteiger partial charge in [0.25, 0.3) is 0 Å².